The predicted molar refractivity (Wildman–Crippen MR) is 153 cm³/mol. The molecule has 12 heteroatoms. The molecule has 0 saturated carbocycles. The average Bonchev–Trinajstić information content (AvgIpc) is 3.28. The van der Waals surface area contributed by atoms with Gasteiger partial charge in [0.1, 0.15) is 34.7 Å². The van der Waals surface area contributed by atoms with Crippen molar-refractivity contribution in [1.29, 1.82) is 0 Å². The number of piperidine rings is 1. The largest absolute Gasteiger partial charge is 0.497 e. The van der Waals surface area contributed by atoms with Crippen LogP contribution in [-0.2, 0) is 11.3 Å². The molecule has 42 heavy (non-hydrogen) atoms. The summed E-state index contributed by atoms with van der Waals surface area (Å²) in [5, 5.41) is 16.0. The second-order valence-corrected chi connectivity index (χ2v) is 11.0. The number of β-amino-alcohol motifs (C(OH)–C–C–N with tert-alkyl or cyclic N) is 1. The zero-order valence-corrected chi connectivity index (χ0v) is 23.9. The Morgan fingerprint density at radius 2 is 1.90 bits per heavy atom. The number of aliphatic hydroxyl groups is 1. The molecule has 1 fully saturated rings. The lowest BCUT2D eigenvalue weighted by Crippen LogP contribution is -2.52. The van der Waals surface area contributed by atoms with Crippen molar-refractivity contribution in [2.75, 3.05) is 25.9 Å². The van der Waals surface area contributed by atoms with E-state index in [4.69, 9.17) is 24.7 Å². The second kappa shape index (κ2) is 11.7. The highest BCUT2D eigenvalue weighted by molar-refractivity contribution is 5.88. The van der Waals surface area contributed by atoms with E-state index in [9.17, 15) is 14.3 Å². The van der Waals surface area contributed by atoms with E-state index in [1.807, 2.05) is 24.3 Å². The Morgan fingerprint density at radius 3 is 2.57 bits per heavy atom. The van der Waals surface area contributed by atoms with Gasteiger partial charge in [-0.05, 0) is 50.6 Å². The third-order valence-electron chi connectivity index (χ3n) is 6.66. The van der Waals surface area contributed by atoms with E-state index in [0.717, 1.165) is 11.3 Å². The summed E-state index contributed by atoms with van der Waals surface area (Å²) in [4.78, 5) is 18.5. The van der Waals surface area contributed by atoms with Gasteiger partial charge in [0, 0.05) is 37.0 Å². The van der Waals surface area contributed by atoms with Crippen LogP contribution in [0.4, 0.5) is 14.9 Å². The van der Waals surface area contributed by atoms with Crippen LogP contribution in [0.25, 0.3) is 11.0 Å². The zero-order chi connectivity index (χ0) is 30.0. The topological polar surface area (TPSA) is 134 Å². The van der Waals surface area contributed by atoms with Gasteiger partial charge in [-0.25, -0.2) is 18.9 Å². The number of hydrogen-bond donors (Lipinski definition) is 2. The third kappa shape index (κ3) is 6.49. The van der Waals surface area contributed by atoms with Crippen molar-refractivity contribution < 1.29 is 33.2 Å². The fourth-order valence-electron chi connectivity index (χ4n) is 4.62. The Balaban J connectivity index is 1.46. The molecule has 5 rings (SSSR count). The van der Waals surface area contributed by atoms with Crippen LogP contribution in [0.3, 0.4) is 0 Å². The van der Waals surface area contributed by atoms with Gasteiger partial charge in [-0.1, -0.05) is 12.1 Å². The monoisotopic (exact) mass is 579 g/mol. The Kier molecular flexibility index (Phi) is 8.08. The Labute approximate surface area is 242 Å². The maximum absolute atomic E-state index is 14.7. The fourth-order valence-corrected chi connectivity index (χ4v) is 4.62. The molecular weight excluding hydrogens is 545 g/mol. The highest BCUT2D eigenvalue weighted by Gasteiger charge is 2.35. The van der Waals surface area contributed by atoms with E-state index in [1.54, 1.807) is 38.6 Å². The number of rotatable bonds is 7. The van der Waals surface area contributed by atoms with Crippen LogP contribution < -0.4 is 19.9 Å². The second-order valence-electron chi connectivity index (χ2n) is 11.0. The van der Waals surface area contributed by atoms with Crippen LogP contribution in [0, 0.1) is 5.82 Å². The molecule has 0 unspecified atom stereocenters. The van der Waals surface area contributed by atoms with E-state index in [1.165, 1.54) is 29.3 Å². The number of amides is 1. The minimum Gasteiger partial charge on any atom is -0.497 e. The van der Waals surface area contributed by atoms with Gasteiger partial charge in [0.2, 0.25) is 5.88 Å². The maximum atomic E-state index is 14.7. The first-order chi connectivity index (χ1) is 20.0. The molecule has 1 amide bonds. The molecule has 0 aliphatic carbocycles. The molecule has 2 aromatic carbocycles. The number of carbonyl (C=O) groups is 1. The van der Waals surface area contributed by atoms with Crippen LogP contribution in [0.1, 0.15) is 32.8 Å². The number of hydrogen-bond acceptors (Lipinski definition) is 9. The standard InChI is InChI=1S/C30H34FN5O6/c1-30(2,3)42-29(38)35-14-12-24(22(37)17-35)41-28-26-25(40-23-10-7-19(32)15-21(23)31)11-13-33-27(26)36(34-28)16-18-5-8-20(39-4)9-6-18/h5-11,13,15,22,24,37H,12,14,16-17,32H2,1-4H3/t22-,24+/m0/s1. The minimum absolute atomic E-state index is 0.0301. The van der Waals surface area contributed by atoms with Crippen molar-refractivity contribution in [3.05, 3.63) is 66.1 Å². The number of ether oxygens (including phenoxy) is 4. The molecule has 0 bridgehead atoms. The maximum Gasteiger partial charge on any atom is 0.410 e. The van der Waals surface area contributed by atoms with Crippen molar-refractivity contribution in [2.24, 2.45) is 0 Å². The average molecular weight is 580 g/mol. The van der Waals surface area contributed by atoms with Gasteiger partial charge in [0.25, 0.3) is 0 Å². The van der Waals surface area contributed by atoms with Crippen LogP contribution in [-0.4, -0.2) is 68.9 Å². The lowest BCUT2D eigenvalue weighted by atomic mass is 10.1. The molecule has 1 saturated heterocycles. The lowest BCUT2D eigenvalue weighted by molar-refractivity contribution is -0.0384. The van der Waals surface area contributed by atoms with Crippen molar-refractivity contribution in [3.63, 3.8) is 0 Å². The van der Waals surface area contributed by atoms with Crippen molar-refractivity contribution in [1.82, 2.24) is 19.7 Å². The molecule has 1 aliphatic rings. The molecule has 222 valence electrons. The SMILES string of the molecule is COc1ccc(Cn2nc(O[C@@H]3CCN(C(=O)OC(C)(C)C)C[C@@H]3O)c3c(Oc4ccc(N)cc4F)ccnc32)cc1. The summed E-state index contributed by atoms with van der Waals surface area (Å²) in [6.45, 7) is 6.05. The van der Waals surface area contributed by atoms with Crippen LogP contribution in [0.2, 0.25) is 0 Å². The summed E-state index contributed by atoms with van der Waals surface area (Å²) in [6.07, 6.45) is -0.325. The fraction of sp³-hybridized carbons (Fsp3) is 0.367. The molecular formula is C30H34FN5O6. The Bertz CT molecular complexity index is 1570. The summed E-state index contributed by atoms with van der Waals surface area (Å²) < 4.78 is 39.3. The number of fused-ring (bicyclic) bond motifs is 1. The highest BCUT2D eigenvalue weighted by Crippen LogP contribution is 2.37. The van der Waals surface area contributed by atoms with E-state index in [-0.39, 0.29) is 29.6 Å². The summed E-state index contributed by atoms with van der Waals surface area (Å²) >= 11 is 0. The molecule has 1 aliphatic heterocycles. The Hall–Kier alpha value is -4.58. The molecule has 3 N–H and O–H groups in total. The molecule has 0 radical (unpaired) electrons. The predicted octanol–water partition coefficient (Wildman–Crippen LogP) is 4.75. The number of methoxy groups -OCH3 is 1. The number of nitrogens with zero attached hydrogens (tertiary/aromatic N) is 4. The highest BCUT2D eigenvalue weighted by atomic mass is 19.1. The first-order valence-electron chi connectivity index (χ1n) is 13.5. The number of pyridine rings is 1. The van der Waals surface area contributed by atoms with Crippen LogP contribution in [0.5, 0.6) is 23.1 Å². The lowest BCUT2D eigenvalue weighted by Gasteiger charge is -2.36. The zero-order valence-electron chi connectivity index (χ0n) is 23.9. The number of halogens is 1. The van der Waals surface area contributed by atoms with Gasteiger partial charge < -0.3 is 34.7 Å². The number of carbonyl (C=O) groups excluding carboxylic acids is 1. The molecule has 4 aromatic rings. The van der Waals surface area contributed by atoms with Gasteiger partial charge in [-0.15, -0.1) is 5.10 Å². The van der Waals surface area contributed by atoms with Crippen molar-refractivity contribution in [3.8, 4) is 23.1 Å². The van der Waals surface area contributed by atoms with Gasteiger partial charge >= 0.3 is 6.09 Å². The summed E-state index contributed by atoms with van der Waals surface area (Å²) in [5.41, 5.74) is 6.68. The van der Waals surface area contributed by atoms with E-state index < -0.39 is 29.7 Å². The number of anilines is 1. The quantitative estimate of drug-likeness (QED) is 0.298. The smallest absolute Gasteiger partial charge is 0.410 e. The van der Waals surface area contributed by atoms with E-state index in [2.05, 4.69) is 10.1 Å². The normalized spacial score (nSPS) is 17.2. The van der Waals surface area contributed by atoms with Gasteiger partial charge in [-0.3, -0.25) is 0 Å². The summed E-state index contributed by atoms with van der Waals surface area (Å²) in [6, 6.07) is 13.3. The number of benzene rings is 2. The van der Waals surface area contributed by atoms with Crippen molar-refractivity contribution >= 4 is 22.8 Å². The number of likely N-dealkylation sites (tertiary alicyclic amines) is 1. The minimum atomic E-state index is -1.01. The first kappa shape index (κ1) is 28.9. The van der Waals surface area contributed by atoms with E-state index in [0.29, 0.717) is 30.5 Å². The Morgan fingerprint density at radius 1 is 1.14 bits per heavy atom. The van der Waals surface area contributed by atoms with Crippen LogP contribution in [0.15, 0.2) is 54.7 Å². The van der Waals surface area contributed by atoms with Crippen LogP contribution >= 0.6 is 0 Å². The number of aromatic nitrogens is 3. The molecule has 0 spiro atoms. The third-order valence-corrected chi connectivity index (χ3v) is 6.66. The van der Waals surface area contributed by atoms with Gasteiger partial charge in [0.15, 0.2) is 17.2 Å². The van der Waals surface area contributed by atoms with E-state index >= 15 is 0 Å². The van der Waals surface area contributed by atoms with Crippen molar-refractivity contribution in [2.45, 2.75) is 51.5 Å². The number of nitrogens with two attached hydrogens (primary N) is 1. The summed E-state index contributed by atoms with van der Waals surface area (Å²) in [7, 11) is 1.60. The van der Waals surface area contributed by atoms with Gasteiger partial charge in [-0.2, -0.15) is 0 Å². The molecule has 2 aromatic heterocycles. The molecule has 11 nitrogen and oxygen atoms in total. The first-order valence-corrected chi connectivity index (χ1v) is 13.5. The summed E-state index contributed by atoms with van der Waals surface area (Å²) in [5.74, 6) is 0.487. The molecule has 2 atom stereocenters. The molecule has 3 heterocycles. The number of nitrogen functional groups attached to an aromatic ring is 1. The number of aliphatic hydroxyl groups excluding tert-OH is 1. The van der Waals surface area contributed by atoms with Gasteiger partial charge in [0.05, 0.1) is 20.2 Å².